The highest BCUT2D eigenvalue weighted by Gasteiger charge is 2.44. The Kier molecular flexibility index (Phi) is 6.67. The lowest BCUT2D eigenvalue weighted by Gasteiger charge is -2.24. The lowest BCUT2D eigenvalue weighted by Crippen LogP contribution is -2.21. The number of rotatable bonds is 4. The molecule has 0 saturated heterocycles. The van der Waals surface area contributed by atoms with E-state index in [1.807, 2.05) is 48.5 Å². The van der Waals surface area contributed by atoms with E-state index < -0.39 is 5.66 Å². The Bertz CT molecular complexity index is 2640. The van der Waals surface area contributed by atoms with Gasteiger partial charge in [0.15, 0.2) is 23.0 Å². The second-order valence-corrected chi connectivity index (χ2v) is 13.4. The average molecular weight is 665 g/mol. The van der Waals surface area contributed by atoms with E-state index in [0.717, 1.165) is 65.7 Å². The number of aliphatic imine (C=N–C) groups is 2. The standard InChI is InChI=1S/C45H32N2O4/c1-25-11-15-33-29(19-25)13-17-37-41(33)42-34-16-12-26(2)20-30(34)14-18-38(42)45(37,46-23-35-31-9-5-3-7-27(31)21-39(48)43(35)50)47-24-36-32-10-6-4-8-28(32)22-40(49)44(36)51/h3-24,48-51H,1-2H3. The van der Waals surface area contributed by atoms with Crippen molar-refractivity contribution in [1.29, 1.82) is 0 Å². The molecule has 1 aliphatic rings. The van der Waals surface area contributed by atoms with Gasteiger partial charge in [0.05, 0.1) is 0 Å². The number of fused-ring (bicyclic) bond motifs is 9. The molecule has 246 valence electrons. The summed E-state index contributed by atoms with van der Waals surface area (Å²) in [4.78, 5) is 10.6. The highest BCUT2D eigenvalue weighted by Crippen LogP contribution is 2.56. The van der Waals surface area contributed by atoms with Crippen LogP contribution in [0.25, 0.3) is 54.2 Å². The molecule has 9 rings (SSSR count). The van der Waals surface area contributed by atoms with Gasteiger partial charge in [-0.05, 0) is 80.2 Å². The topological polar surface area (TPSA) is 106 Å². The fraction of sp³-hybridized carbons (Fsp3) is 0.0667. The Morgan fingerprint density at radius 3 is 1.31 bits per heavy atom. The minimum Gasteiger partial charge on any atom is -0.504 e. The van der Waals surface area contributed by atoms with E-state index >= 15 is 0 Å². The number of aryl methyl sites for hydroxylation is 2. The zero-order chi connectivity index (χ0) is 35.0. The van der Waals surface area contributed by atoms with Crippen molar-refractivity contribution < 1.29 is 20.4 Å². The van der Waals surface area contributed by atoms with E-state index in [2.05, 4.69) is 74.5 Å². The van der Waals surface area contributed by atoms with Gasteiger partial charge in [0.1, 0.15) is 0 Å². The smallest absolute Gasteiger partial charge is 0.202 e. The zero-order valence-corrected chi connectivity index (χ0v) is 27.9. The first-order chi connectivity index (χ1) is 24.7. The molecule has 6 heteroatoms. The number of phenolic OH excluding ortho intramolecular Hbond substituents is 4. The molecule has 51 heavy (non-hydrogen) atoms. The number of benzene rings is 8. The number of hydrogen-bond acceptors (Lipinski definition) is 6. The molecule has 1 aliphatic carbocycles. The van der Waals surface area contributed by atoms with Gasteiger partial charge in [0.25, 0.3) is 0 Å². The van der Waals surface area contributed by atoms with Crippen LogP contribution in [0.2, 0.25) is 0 Å². The number of hydrogen-bond donors (Lipinski definition) is 4. The number of aromatic hydroxyl groups is 4. The average Bonchev–Trinajstić information content (AvgIpc) is 3.41. The molecular formula is C45H32N2O4. The summed E-state index contributed by atoms with van der Waals surface area (Å²) in [6, 6.07) is 39.2. The third-order valence-corrected chi connectivity index (χ3v) is 10.2. The molecular weight excluding hydrogens is 633 g/mol. The van der Waals surface area contributed by atoms with Gasteiger partial charge in [0, 0.05) is 34.7 Å². The summed E-state index contributed by atoms with van der Waals surface area (Å²) in [6.07, 6.45) is 3.18. The van der Waals surface area contributed by atoms with Gasteiger partial charge >= 0.3 is 0 Å². The molecule has 0 aliphatic heterocycles. The van der Waals surface area contributed by atoms with Crippen molar-refractivity contribution in [1.82, 2.24) is 0 Å². The maximum Gasteiger partial charge on any atom is 0.202 e. The molecule has 0 amide bonds. The lowest BCUT2D eigenvalue weighted by atomic mass is 9.93. The minimum atomic E-state index is -1.40. The molecule has 8 aromatic rings. The molecule has 0 saturated carbocycles. The van der Waals surface area contributed by atoms with Gasteiger partial charge in [0.2, 0.25) is 5.66 Å². The highest BCUT2D eigenvalue weighted by molar-refractivity contribution is 6.12. The first-order valence-electron chi connectivity index (χ1n) is 16.8. The zero-order valence-electron chi connectivity index (χ0n) is 27.9. The fourth-order valence-electron chi connectivity index (χ4n) is 7.75. The first-order valence-corrected chi connectivity index (χ1v) is 16.8. The molecule has 0 atom stereocenters. The minimum absolute atomic E-state index is 0.251. The molecule has 8 aromatic carbocycles. The van der Waals surface area contributed by atoms with Crippen LogP contribution in [0.15, 0.2) is 131 Å². The van der Waals surface area contributed by atoms with Gasteiger partial charge in [-0.3, -0.25) is 9.98 Å². The van der Waals surface area contributed by atoms with Crippen molar-refractivity contribution in [2.45, 2.75) is 19.5 Å². The number of phenols is 4. The van der Waals surface area contributed by atoms with E-state index in [0.29, 0.717) is 21.9 Å². The normalized spacial score (nSPS) is 13.6. The maximum absolute atomic E-state index is 11.2. The lowest BCUT2D eigenvalue weighted by molar-refractivity contribution is 0.404. The van der Waals surface area contributed by atoms with E-state index in [4.69, 9.17) is 9.98 Å². The molecule has 0 bridgehead atoms. The third kappa shape index (κ3) is 4.57. The van der Waals surface area contributed by atoms with Crippen molar-refractivity contribution in [3.8, 4) is 34.1 Å². The van der Waals surface area contributed by atoms with Crippen molar-refractivity contribution in [3.63, 3.8) is 0 Å². The van der Waals surface area contributed by atoms with Crippen molar-refractivity contribution in [2.75, 3.05) is 0 Å². The molecule has 0 aromatic heterocycles. The summed E-state index contributed by atoms with van der Waals surface area (Å²) in [5, 5.41) is 51.2. The van der Waals surface area contributed by atoms with Crippen LogP contribution in [0.1, 0.15) is 33.4 Å². The monoisotopic (exact) mass is 664 g/mol. The van der Waals surface area contributed by atoms with Gasteiger partial charge in [-0.1, -0.05) is 120 Å². The maximum atomic E-state index is 11.2. The second kappa shape index (κ2) is 11.2. The molecule has 0 spiro atoms. The summed E-state index contributed by atoms with van der Waals surface area (Å²) in [5.74, 6) is -1.07. The summed E-state index contributed by atoms with van der Waals surface area (Å²) < 4.78 is 0. The van der Waals surface area contributed by atoms with Crippen molar-refractivity contribution in [2.24, 2.45) is 9.98 Å². The second-order valence-electron chi connectivity index (χ2n) is 13.4. The van der Waals surface area contributed by atoms with Crippen LogP contribution < -0.4 is 0 Å². The van der Waals surface area contributed by atoms with Crippen molar-refractivity contribution >= 4 is 55.5 Å². The predicted molar refractivity (Wildman–Crippen MR) is 207 cm³/mol. The predicted octanol–water partition coefficient (Wildman–Crippen LogP) is 10.2. The summed E-state index contributed by atoms with van der Waals surface area (Å²) in [6.45, 7) is 4.16. The first kappa shape index (κ1) is 30.4. The Morgan fingerprint density at radius 1 is 0.451 bits per heavy atom. The van der Waals surface area contributed by atoms with Crippen LogP contribution >= 0.6 is 0 Å². The Morgan fingerprint density at radius 2 is 0.863 bits per heavy atom. The third-order valence-electron chi connectivity index (χ3n) is 10.2. The largest absolute Gasteiger partial charge is 0.504 e. The SMILES string of the molecule is Cc1ccc2c3c(ccc2c1)C(N=Cc1c(O)c(O)cc2ccccc12)(N=Cc1c(O)c(O)cc2ccccc12)c1ccc2cc(C)ccc2c1-3. The van der Waals surface area contributed by atoms with E-state index in [1.165, 1.54) is 12.1 Å². The van der Waals surface area contributed by atoms with Gasteiger partial charge in [-0.25, -0.2) is 0 Å². The fourth-order valence-corrected chi connectivity index (χ4v) is 7.75. The van der Waals surface area contributed by atoms with Crippen LogP contribution in [0, 0.1) is 13.8 Å². The van der Waals surface area contributed by atoms with Crippen LogP contribution in [-0.4, -0.2) is 32.9 Å². The van der Waals surface area contributed by atoms with Crippen LogP contribution in [-0.2, 0) is 5.66 Å². The van der Waals surface area contributed by atoms with Crippen LogP contribution in [0.4, 0.5) is 0 Å². The van der Waals surface area contributed by atoms with Crippen LogP contribution in [0.3, 0.4) is 0 Å². The van der Waals surface area contributed by atoms with Crippen LogP contribution in [0.5, 0.6) is 23.0 Å². The van der Waals surface area contributed by atoms with E-state index in [9.17, 15) is 20.4 Å². The summed E-state index contributed by atoms with van der Waals surface area (Å²) in [5.41, 5.74) is 5.25. The van der Waals surface area contributed by atoms with Crippen molar-refractivity contribution in [3.05, 3.63) is 155 Å². The Hall–Kier alpha value is -6.66. The quantitative estimate of drug-likeness (QED) is 0.111. The van der Waals surface area contributed by atoms with Gasteiger partial charge in [-0.2, -0.15) is 0 Å². The molecule has 0 heterocycles. The molecule has 4 N–H and O–H groups in total. The molecule has 0 radical (unpaired) electrons. The summed E-state index contributed by atoms with van der Waals surface area (Å²) in [7, 11) is 0. The summed E-state index contributed by atoms with van der Waals surface area (Å²) >= 11 is 0. The van der Waals surface area contributed by atoms with Gasteiger partial charge < -0.3 is 20.4 Å². The number of nitrogens with zero attached hydrogens (tertiary/aromatic N) is 2. The molecule has 0 fully saturated rings. The Labute approximate surface area is 293 Å². The Balaban J connectivity index is 1.42. The molecule has 6 nitrogen and oxygen atoms in total. The highest BCUT2D eigenvalue weighted by atomic mass is 16.3. The van der Waals surface area contributed by atoms with E-state index in [1.54, 1.807) is 12.4 Å². The van der Waals surface area contributed by atoms with E-state index in [-0.39, 0.29) is 23.0 Å². The molecule has 0 unspecified atom stereocenters. The van der Waals surface area contributed by atoms with Gasteiger partial charge in [-0.15, -0.1) is 0 Å².